The van der Waals surface area contributed by atoms with Crippen LogP contribution < -0.4 is 5.32 Å². The summed E-state index contributed by atoms with van der Waals surface area (Å²) < 4.78 is 43.8. The first-order valence-electron chi connectivity index (χ1n) is 5.05. The molecule has 0 spiro atoms. The van der Waals surface area contributed by atoms with Crippen molar-refractivity contribution in [3.63, 3.8) is 0 Å². The van der Waals surface area contributed by atoms with E-state index in [2.05, 4.69) is 10.1 Å². The van der Waals surface area contributed by atoms with Crippen molar-refractivity contribution >= 4 is 0 Å². The number of ether oxygens (including phenoxy) is 2. The summed E-state index contributed by atoms with van der Waals surface area (Å²) in [5, 5.41) is 2.95. The summed E-state index contributed by atoms with van der Waals surface area (Å²) >= 11 is 0. The summed E-state index contributed by atoms with van der Waals surface area (Å²) in [6.07, 6.45) is -2.42. The molecule has 2 unspecified atom stereocenters. The Morgan fingerprint density at radius 2 is 2.27 bits per heavy atom. The molecule has 1 aliphatic heterocycles. The van der Waals surface area contributed by atoms with Crippen LogP contribution in [-0.4, -0.2) is 38.3 Å². The van der Waals surface area contributed by atoms with E-state index in [9.17, 15) is 13.2 Å². The van der Waals surface area contributed by atoms with Crippen molar-refractivity contribution in [2.45, 2.75) is 38.3 Å². The molecule has 0 amide bonds. The van der Waals surface area contributed by atoms with Crippen molar-refractivity contribution in [1.29, 1.82) is 0 Å². The lowest BCUT2D eigenvalue weighted by Gasteiger charge is -2.20. The molecule has 0 saturated carbocycles. The van der Waals surface area contributed by atoms with E-state index in [4.69, 9.17) is 4.74 Å². The zero-order valence-corrected chi connectivity index (χ0v) is 8.64. The second-order valence-corrected chi connectivity index (χ2v) is 3.59. The van der Waals surface area contributed by atoms with Gasteiger partial charge in [-0.2, -0.15) is 0 Å². The number of nitrogens with one attached hydrogen (secondary N) is 1. The first-order chi connectivity index (χ1) is 6.99. The van der Waals surface area contributed by atoms with Crippen molar-refractivity contribution < 1.29 is 22.6 Å². The lowest BCUT2D eigenvalue weighted by Crippen LogP contribution is -2.39. The predicted molar refractivity (Wildman–Crippen MR) is 48.4 cm³/mol. The fourth-order valence-electron chi connectivity index (χ4n) is 1.58. The van der Waals surface area contributed by atoms with Gasteiger partial charge in [-0.1, -0.05) is 0 Å². The van der Waals surface area contributed by atoms with E-state index in [0.717, 1.165) is 19.4 Å². The van der Waals surface area contributed by atoms with Gasteiger partial charge in [0.15, 0.2) is 0 Å². The molecule has 0 bridgehead atoms. The summed E-state index contributed by atoms with van der Waals surface area (Å²) in [6.45, 7) is 2.47. The van der Waals surface area contributed by atoms with Crippen molar-refractivity contribution in [3.8, 4) is 0 Å². The largest absolute Gasteiger partial charge is 0.522 e. The summed E-state index contributed by atoms with van der Waals surface area (Å²) in [5.74, 6) is 0. The molecule has 15 heavy (non-hydrogen) atoms. The van der Waals surface area contributed by atoms with E-state index in [1.807, 2.05) is 6.92 Å². The van der Waals surface area contributed by atoms with Gasteiger partial charge in [-0.25, -0.2) is 0 Å². The molecule has 1 aliphatic rings. The Morgan fingerprint density at radius 1 is 1.53 bits per heavy atom. The maximum absolute atomic E-state index is 11.6. The highest BCUT2D eigenvalue weighted by Crippen LogP contribution is 2.16. The van der Waals surface area contributed by atoms with Gasteiger partial charge in [-0.05, 0) is 19.8 Å². The van der Waals surface area contributed by atoms with Crippen LogP contribution in [-0.2, 0) is 9.47 Å². The summed E-state index contributed by atoms with van der Waals surface area (Å²) in [5.41, 5.74) is 0. The Labute approximate surface area is 86.9 Å². The fraction of sp³-hybridized carbons (Fsp3) is 1.00. The molecule has 1 heterocycles. The molecule has 1 fully saturated rings. The Balaban J connectivity index is 2.04. The Kier molecular flexibility index (Phi) is 4.82. The van der Waals surface area contributed by atoms with Crippen LogP contribution in [0.4, 0.5) is 13.2 Å². The average Bonchev–Trinajstić information content (AvgIpc) is 2.63. The van der Waals surface area contributed by atoms with Gasteiger partial charge < -0.3 is 10.1 Å². The van der Waals surface area contributed by atoms with Crippen LogP contribution >= 0.6 is 0 Å². The zero-order chi connectivity index (χ0) is 11.3. The Bertz CT molecular complexity index is 181. The van der Waals surface area contributed by atoms with Gasteiger partial charge in [0.05, 0.1) is 12.7 Å². The molecule has 3 nitrogen and oxygen atoms in total. The minimum absolute atomic E-state index is 0.0735. The van der Waals surface area contributed by atoms with Gasteiger partial charge in [0.2, 0.25) is 0 Å². The number of hydrogen-bond acceptors (Lipinski definition) is 3. The summed E-state index contributed by atoms with van der Waals surface area (Å²) in [7, 11) is 0. The van der Waals surface area contributed by atoms with E-state index >= 15 is 0 Å². The molecule has 0 aromatic rings. The van der Waals surface area contributed by atoms with Crippen LogP contribution in [0.3, 0.4) is 0 Å². The van der Waals surface area contributed by atoms with Crippen LogP contribution in [0.1, 0.15) is 19.8 Å². The third-order valence-electron chi connectivity index (χ3n) is 2.36. The molecule has 1 N–H and O–H groups in total. The molecule has 0 aromatic heterocycles. The lowest BCUT2D eigenvalue weighted by molar-refractivity contribution is -0.323. The first-order valence-corrected chi connectivity index (χ1v) is 5.05. The molecular weight excluding hydrogens is 211 g/mol. The van der Waals surface area contributed by atoms with Crippen molar-refractivity contribution in [1.82, 2.24) is 5.32 Å². The van der Waals surface area contributed by atoms with E-state index in [-0.39, 0.29) is 25.3 Å². The minimum Gasteiger partial charge on any atom is -0.377 e. The normalized spacial score (nSPS) is 24.4. The van der Waals surface area contributed by atoms with Crippen molar-refractivity contribution in [2.75, 3.05) is 19.8 Å². The highest BCUT2D eigenvalue weighted by Gasteiger charge is 2.29. The maximum atomic E-state index is 11.6. The third-order valence-corrected chi connectivity index (χ3v) is 2.36. The third kappa shape index (κ3) is 5.34. The fourth-order valence-corrected chi connectivity index (χ4v) is 1.58. The smallest absolute Gasteiger partial charge is 0.377 e. The van der Waals surface area contributed by atoms with E-state index < -0.39 is 6.36 Å². The summed E-state index contributed by atoms with van der Waals surface area (Å²) in [6, 6.07) is 0.0735. The van der Waals surface area contributed by atoms with Gasteiger partial charge in [-0.15, -0.1) is 13.2 Å². The van der Waals surface area contributed by atoms with Crippen molar-refractivity contribution in [2.24, 2.45) is 0 Å². The van der Waals surface area contributed by atoms with Gasteiger partial charge in [-0.3, -0.25) is 4.74 Å². The molecule has 90 valence electrons. The summed E-state index contributed by atoms with van der Waals surface area (Å²) in [4.78, 5) is 0. The van der Waals surface area contributed by atoms with Crippen LogP contribution in [0.2, 0.25) is 0 Å². The van der Waals surface area contributed by atoms with Gasteiger partial charge >= 0.3 is 6.36 Å². The molecule has 1 saturated heterocycles. The molecule has 1 rings (SSSR count). The molecule has 0 aliphatic carbocycles. The lowest BCUT2D eigenvalue weighted by atomic mass is 10.1. The van der Waals surface area contributed by atoms with Crippen molar-refractivity contribution in [3.05, 3.63) is 0 Å². The van der Waals surface area contributed by atoms with Gasteiger partial charge in [0.1, 0.15) is 0 Å². The highest BCUT2D eigenvalue weighted by molar-refractivity contribution is 4.76. The number of halogens is 3. The van der Waals surface area contributed by atoms with E-state index in [1.165, 1.54) is 0 Å². The minimum atomic E-state index is -4.53. The predicted octanol–water partition coefficient (Wildman–Crippen LogP) is 1.68. The maximum Gasteiger partial charge on any atom is 0.522 e. The first kappa shape index (κ1) is 12.7. The molecule has 2 atom stereocenters. The Morgan fingerprint density at radius 3 is 2.80 bits per heavy atom. The van der Waals surface area contributed by atoms with Crippen LogP contribution in [0.15, 0.2) is 0 Å². The van der Waals surface area contributed by atoms with E-state index in [0.29, 0.717) is 0 Å². The number of alkyl halides is 3. The molecular formula is C9H16F3NO2. The van der Waals surface area contributed by atoms with Gasteiger partial charge in [0, 0.05) is 19.2 Å². The standard InChI is InChI=1S/C9H16F3NO2/c1-7(8-3-2-5-14-8)13-4-6-15-9(10,11)12/h7-8,13H,2-6H2,1H3. The second-order valence-electron chi connectivity index (χ2n) is 3.59. The van der Waals surface area contributed by atoms with E-state index in [1.54, 1.807) is 0 Å². The number of hydrogen-bond donors (Lipinski definition) is 1. The topological polar surface area (TPSA) is 30.5 Å². The Hall–Kier alpha value is -0.330. The second kappa shape index (κ2) is 5.67. The molecule has 0 aromatic carbocycles. The highest BCUT2D eigenvalue weighted by atomic mass is 19.4. The SMILES string of the molecule is CC(NCCOC(F)(F)F)C1CCCO1. The zero-order valence-electron chi connectivity index (χ0n) is 8.64. The van der Waals surface area contributed by atoms with Crippen LogP contribution in [0.25, 0.3) is 0 Å². The monoisotopic (exact) mass is 227 g/mol. The molecule has 0 radical (unpaired) electrons. The average molecular weight is 227 g/mol. The quantitative estimate of drug-likeness (QED) is 0.725. The van der Waals surface area contributed by atoms with Crippen LogP contribution in [0, 0.1) is 0 Å². The molecule has 6 heteroatoms. The number of rotatable bonds is 5. The van der Waals surface area contributed by atoms with Crippen LogP contribution in [0.5, 0.6) is 0 Å². The van der Waals surface area contributed by atoms with Gasteiger partial charge in [0.25, 0.3) is 0 Å².